The minimum Gasteiger partial charge on any atom is -0.481 e. The van der Waals surface area contributed by atoms with Gasteiger partial charge in [-0.1, -0.05) is 37.8 Å². The normalized spacial score (nSPS) is 15.3. The van der Waals surface area contributed by atoms with E-state index >= 15 is 0 Å². The van der Waals surface area contributed by atoms with E-state index in [9.17, 15) is 19.4 Å². The van der Waals surface area contributed by atoms with Crippen LogP contribution in [-0.2, 0) is 11.2 Å². The molecule has 5 nitrogen and oxygen atoms in total. The summed E-state index contributed by atoms with van der Waals surface area (Å²) in [5.41, 5.74) is 4.22. The van der Waals surface area contributed by atoms with E-state index in [0.29, 0.717) is 17.4 Å². The SMILES string of the molecule is CC(C)Cc1cc(-c2ccc(F)cc2)c(C#C[C@@H](O)C[C@@H](O)CC(=O)O)c(C2CC2)n1. The molecule has 1 saturated carbocycles. The largest absolute Gasteiger partial charge is 0.481 e. The summed E-state index contributed by atoms with van der Waals surface area (Å²) in [6.45, 7) is 4.26. The van der Waals surface area contributed by atoms with Gasteiger partial charge in [-0.05, 0) is 48.9 Å². The van der Waals surface area contributed by atoms with E-state index < -0.39 is 24.6 Å². The molecule has 0 bridgehead atoms. The van der Waals surface area contributed by atoms with Gasteiger partial charge in [-0.2, -0.15) is 0 Å². The van der Waals surface area contributed by atoms with Crippen LogP contribution >= 0.6 is 0 Å². The predicted molar refractivity (Wildman–Crippen MR) is 116 cm³/mol. The number of hydrogen-bond acceptors (Lipinski definition) is 4. The Hall–Kier alpha value is -2.75. The lowest BCUT2D eigenvalue weighted by Crippen LogP contribution is -2.19. The first-order chi connectivity index (χ1) is 14.7. The zero-order valence-electron chi connectivity index (χ0n) is 17.8. The molecule has 1 heterocycles. The number of aromatic nitrogens is 1. The monoisotopic (exact) mass is 425 g/mol. The van der Waals surface area contributed by atoms with Gasteiger partial charge >= 0.3 is 5.97 Å². The average molecular weight is 426 g/mol. The molecule has 0 amide bonds. The molecule has 1 aromatic heterocycles. The summed E-state index contributed by atoms with van der Waals surface area (Å²) >= 11 is 0. The maximum Gasteiger partial charge on any atom is 0.305 e. The number of carboxylic acids is 1. The van der Waals surface area contributed by atoms with Crippen molar-refractivity contribution in [3.05, 3.63) is 53.1 Å². The second-order valence-electron chi connectivity index (χ2n) is 8.57. The van der Waals surface area contributed by atoms with Gasteiger partial charge in [-0.15, -0.1) is 0 Å². The number of hydrogen-bond donors (Lipinski definition) is 3. The van der Waals surface area contributed by atoms with Gasteiger partial charge in [0.15, 0.2) is 0 Å². The Bertz CT molecular complexity index is 987. The number of aliphatic hydroxyl groups is 2. The Kier molecular flexibility index (Phi) is 7.42. The molecule has 0 unspecified atom stereocenters. The van der Waals surface area contributed by atoms with Crippen molar-refractivity contribution in [1.82, 2.24) is 4.98 Å². The predicted octanol–water partition coefficient (Wildman–Crippen LogP) is 3.90. The van der Waals surface area contributed by atoms with E-state index in [2.05, 4.69) is 25.7 Å². The van der Waals surface area contributed by atoms with Crippen LogP contribution in [0.2, 0.25) is 0 Å². The minimum absolute atomic E-state index is 0.150. The molecule has 0 saturated heterocycles. The standard InChI is InChI=1S/C25H28FNO4/c1-15(2)11-19-12-23(16-5-7-18(26)8-6-16)22(25(27-19)17-3-4-17)10-9-20(28)13-21(29)14-24(30)31/h5-8,12,15,17,20-21,28-29H,3-4,11,13-14H2,1-2H3,(H,30,31)/t20-,21-/m1/s1. The molecule has 2 aromatic rings. The van der Waals surface area contributed by atoms with Crippen molar-refractivity contribution in [2.45, 2.75) is 64.1 Å². The van der Waals surface area contributed by atoms with Crippen LogP contribution in [0.5, 0.6) is 0 Å². The number of carbonyl (C=O) groups is 1. The number of rotatable bonds is 8. The molecule has 1 aliphatic rings. The van der Waals surface area contributed by atoms with Gasteiger partial charge in [-0.25, -0.2) is 4.39 Å². The van der Waals surface area contributed by atoms with Crippen LogP contribution in [-0.4, -0.2) is 38.5 Å². The van der Waals surface area contributed by atoms with Crippen molar-refractivity contribution in [3.63, 3.8) is 0 Å². The van der Waals surface area contributed by atoms with Gasteiger partial charge in [0.05, 0.1) is 23.8 Å². The highest BCUT2D eigenvalue weighted by atomic mass is 19.1. The topological polar surface area (TPSA) is 90.7 Å². The third-order valence-corrected chi connectivity index (χ3v) is 5.11. The molecule has 3 rings (SSSR count). The van der Waals surface area contributed by atoms with Crippen molar-refractivity contribution >= 4 is 5.97 Å². The molecule has 1 fully saturated rings. The number of halogens is 1. The van der Waals surface area contributed by atoms with E-state index in [-0.39, 0.29) is 12.2 Å². The van der Waals surface area contributed by atoms with Gasteiger partial charge in [0.25, 0.3) is 0 Å². The number of aliphatic hydroxyl groups excluding tert-OH is 2. The highest BCUT2D eigenvalue weighted by molar-refractivity contribution is 5.73. The van der Waals surface area contributed by atoms with Crippen LogP contribution in [0.3, 0.4) is 0 Å². The van der Waals surface area contributed by atoms with Crippen LogP contribution in [0.1, 0.15) is 62.4 Å². The summed E-state index contributed by atoms with van der Waals surface area (Å²) in [5.74, 6) is 5.07. The molecule has 1 aromatic carbocycles. The Morgan fingerprint density at radius 3 is 2.48 bits per heavy atom. The van der Waals surface area contributed by atoms with Gasteiger partial charge in [0.1, 0.15) is 11.9 Å². The highest BCUT2D eigenvalue weighted by Crippen LogP contribution is 2.43. The molecule has 1 aliphatic carbocycles. The van der Waals surface area contributed by atoms with Crippen molar-refractivity contribution in [2.24, 2.45) is 5.92 Å². The minimum atomic E-state index is -1.17. The summed E-state index contributed by atoms with van der Waals surface area (Å²) < 4.78 is 13.5. The van der Waals surface area contributed by atoms with Crippen LogP contribution in [0.15, 0.2) is 30.3 Å². The van der Waals surface area contributed by atoms with Crippen LogP contribution < -0.4 is 0 Å². The summed E-state index contributed by atoms with van der Waals surface area (Å²) in [6.07, 6.45) is -0.0802. The number of aliphatic carboxylic acids is 1. The molecule has 164 valence electrons. The van der Waals surface area contributed by atoms with E-state index in [1.54, 1.807) is 12.1 Å². The van der Waals surface area contributed by atoms with Gasteiger partial charge in [0, 0.05) is 23.6 Å². The van der Waals surface area contributed by atoms with Crippen molar-refractivity contribution in [1.29, 1.82) is 0 Å². The summed E-state index contributed by atoms with van der Waals surface area (Å²) in [4.78, 5) is 15.6. The quantitative estimate of drug-likeness (QED) is 0.558. The molecule has 2 atom stereocenters. The molecule has 0 radical (unpaired) electrons. The Morgan fingerprint density at radius 1 is 1.23 bits per heavy atom. The fourth-order valence-corrected chi connectivity index (χ4v) is 3.54. The van der Waals surface area contributed by atoms with E-state index in [1.807, 2.05) is 6.07 Å². The Morgan fingerprint density at radius 2 is 1.90 bits per heavy atom. The smallest absolute Gasteiger partial charge is 0.305 e. The highest BCUT2D eigenvalue weighted by Gasteiger charge is 2.29. The summed E-state index contributed by atoms with van der Waals surface area (Å²) in [6, 6.07) is 8.21. The summed E-state index contributed by atoms with van der Waals surface area (Å²) in [5, 5.41) is 28.7. The van der Waals surface area contributed by atoms with Crippen LogP contribution in [0.4, 0.5) is 4.39 Å². The fourth-order valence-electron chi connectivity index (χ4n) is 3.54. The van der Waals surface area contributed by atoms with Gasteiger partial charge in [-0.3, -0.25) is 9.78 Å². The zero-order valence-corrected chi connectivity index (χ0v) is 17.8. The fraction of sp³-hybridized carbons (Fsp3) is 0.440. The lowest BCUT2D eigenvalue weighted by Gasteiger charge is -2.15. The van der Waals surface area contributed by atoms with E-state index in [1.165, 1.54) is 12.1 Å². The number of nitrogens with zero attached hydrogens (tertiary/aromatic N) is 1. The first-order valence-corrected chi connectivity index (χ1v) is 10.6. The van der Waals surface area contributed by atoms with E-state index in [4.69, 9.17) is 10.1 Å². The number of carboxylic acid groups (broad SMARTS) is 1. The van der Waals surface area contributed by atoms with Crippen LogP contribution in [0, 0.1) is 23.6 Å². The van der Waals surface area contributed by atoms with Crippen molar-refractivity contribution in [3.8, 4) is 23.0 Å². The van der Waals surface area contributed by atoms with Crippen molar-refractivity contribution in [2.75, 3.05) is 0 Å². The van der Waals surface area contributed by atoms with Crippen molar-refractivity contribution < 1.29 is 24.5 Å². The molecular weight excluding hydrogens is 397 g/mol. The second-order valence-corrected chi connectivity index (χ2v) is 8.57. The lowest BCUT2D eigenvalue weighted by molar-refractivity contribution is -0.139. The first-order valence-electron chi connectivity index (χ1n) is 10.6. The molecule has 0 spiro atoms. The molecule has 0 aliphatic heterocycles. The maximum absolute atomic E-state index is 13.5. The third-order valence-electron chi connectivity index (χ3n) is 5.11. The van der Waals surface area contributed by atoms with Gasteiger partial charge < -0.3 is 15.3 Å². The number of benzene rings is 1. The molecule has 6 heteroatoms. The molecular formula is C25H28FNO4. The second kappa shape index (κ2) is 10.0. The van der Waals surface area contributed by atoms with Crippen LogP contribution in [0.25, 0.3) is 11.1 Å². The maximum atomic E-state index is 13.5. The molecule has 3 N–H and O–H groups in total. The third kappa shape index (κ3) is 6.61. The Labute approximate surface area is 182 Å². The number of pyridine rings is 1. The summed E-state index contributed by atoms with van der Waals surface area (Å²) in [7, 11) is 0. The first kappa shape index (κ1) is 22.9. The van der Waals surface area contributed by atoms with Gasteiger partial charge in [0.2, 0.25) is 0 Å². The molecule has 31 heavy (non-hydrogen) atoms. The zero-order chi connectivity index (χ0) is 22.5. The Balaban J connectivity index is 2.01. The average Bonchev–Trinajstić information content (AvgIpc) is 3.51. The van der Waals surface area contributed by atoms with E-state index in [0.717, 1.165) is 41.8 Å². The lowest BCUT2D eigenvalue weighted by atomic mass is 9.94.